The molecule has 2 nitrogen and oxygen atoms in total. The predicted molar refractivity (Wildman–Crippen MR) is 67.5 cm³/mol. The molecule has 1 N–H and O–H groups in total. The molecule has 0 saturated carbocycles. The van der Waals surface area contributed by atoms with Gasteiger partial charge in [-0.05, 0) is 24.1 Å². The summed E-state index contributed by atoms with van der Waals surface area (Å²) in [6.45, 7) is 2.45. The number of hydrogen-bond donors (Lipinski definition) is 1. The van der Waals surface area contributed by atoms with Gasteiger partial charge in [-0.3, -0.25) is 0 Å². The molecule has 0 aromatic heterocycles. The Morgan fingerprint density at radius 1 is 1.42 bits per heavy atom. The molecule has 104 valence electrons. The molecule has 0 radical (unpaired) electrons. The lowest BCUT2D eigenvalue weighted by Crippen LogP contribution is -2.27. The smallest absolute Gasteiger partial charge is 0.406 e. The van der Waals surface area contributed by atoms with Crippen LogP contribution in [0.25, 0.3) is 0 Å². The van der Waals surface area contributed by atoms with Gasteiger partial charge in [0.1, 0.15) is 5.75 Å². The highest BCUT2D eigenvalue weighted by molar-refractivity contribution is 5.28. The van der Waals surface area contributed by atoms with Gasteiger partial charge < -0.3 is 10.1 Å². The van der Waals surface area contributed by atoms with E-state index in [9.17, 15) is 13.2 Å². The van der Waals surface area contributed by atoms with Crippen molar-refractivity contribution in [2.24, 2.45) is 0 Å². The number of alkyl halides is 3. The number of terminal acetylenes is 1. The zero-order valence-electron chi connectivity index (χ0n) is 10.6. The van der Waals surface area contributed by atoms with Gasteiger partial charge in [0.25, 0.3) is 0 Å². The maximum Gasteiger partial charge on any atom is 0.573 e. The monoisotopic (exact) mass is 271 g/mol. The molecule has 0 heterocycles. The Balaban J connectivity index is 2.60. The molecule has 1 unspecified atom stereocenters. The van der Waals surface area contributed by atoms with Crippen molar-refractivity contribution >= 4 is 0 Å². The van der Waals surface area contributed by atoms with E-state index in [0.717, 1.165) is 12.0 Å². The lowest BCUT2D eigenvalue weighted by atomic mass is 10.1. The average molecular weight is 271 g/mol. The highest BCUT2D eigenvalue weighted by atomic mass is 19.4. The van der Waals surface area contributed by atoms with Crippen LogP contribution in [-0.4, -0.2) is 12.4 Å². The van der Waals surface area contributed by atoms with E-state index in [1.54, 1.807) is 6.07 Å². The van der Waals surface area contributed by atoms with Gasteiger partial charge in [0, 0.05) is 19.0 Å². The van der Waals surface area contributed by atoms with Gasteiger partial charge >= 0.3 is 6.36 Å². The number of rotatable bonds is 6. The number of halogens is 3. The minimum atomic E-state index is -4.67. The zero-order chi connectivity index (χ0) is 14.3. The Kier molecular flexibility index (Phi) is 5.71. The molecule has 1 atom stereocenters. The maximum absolute atomic E-state index is 12.1. The van der Waals surface area contributed by atoms with Crippen molar-refractivity contribution in [3.8, 4) is 18.1 Å². The minimum absolute atomic E-state index is 0.164. The molecule has 0 bridgehead atoms. The van der Waals surface area contributed by atoms with Gasteiger partial charge in [-0.15, -0.1) is 25.5 Å². The molecule has 0 aliphatic heterocycles. The summed E-state index contributed by atoms with van der Waals surface area (Å²) in [5, 5.41) is 3.20. The lowest BCUT2D eigenvalue weighted by molar-refractivity contribution is -0.274. The van der Waals surface area contributed by atoms with E-state index < -0.39 is 6.36 Å². The largest absolute Gasteiger partial charge is 0.573 e. The van der Waals surface area contributed by atoms with Crippen molar-refractivity contribution in [1.82, 2.24) is 5.32 Å². The van der Waals surface area contributed by atoms with E-state index in [1.807, 2.05) is 6.92 Å². The Bertz CT molecular complexity index is 437. The summed E-state index contributed by atoms with van der Waals surface area (Å²) in [6, 6.07) is 6.06. The lowest BCUT2D eigenvalue weighted by Gasteiger charge is -2.15. The standard InChI is InChI=1S/C14H16F3NO/c1-3-6-12(4-2)18-10-11-7-5-8-13(9-11)19-14(15,16)17/h1,5,7-9,12,18H,4,6,10H2,2H3. The van der Waals surface area contributed by atoms with Crippen molar-refractivity contribution in [2.45, 2.75) is 38.7 Å². The van der Waals surface area contributed by atoms with Crippen LogP contribution in [0.15, 0.2) is 24.3 Å². The van der Waals surface area contributed by atoms with Crippen LogP contribution in [0.4, 0.5) is 13.2 Å². The topological polar surface area (TPSA) is 21.3 Å². The van der Waals surface area contributed by atoms with Crippen molar-refractivity contribution in [1.29, 1.82) is 0 Å². The first-order chi connectivity index (χ1) is 8.94. The van der Waals surface area contributed by atoms with Crippen LogP contribution in [0.5, 0.6) is 5.75 Å². The molecule has 0 aliphatic carbocycles. The van der Waals surface area contributed by atoms with Crippen molar-refractivity contribution in [3.05, 3.63) is 29.8 Å². The minimum Gasteiger partial charge on any atom is -0.406 e. The Morgan fingerprint density at radius 3 is 2.74 bits per heavy atom. The fourth-order valence-corrected chi connectivity index (χ4v) is 1.62. The Labute approximate surface area is 111 Å². The van der Waals surface area contributed by atoms with Crippen LogP contribution < -0.4 is 10.1 Å². The van der Waals surface area contributed by atoms with Crippen molar-refractivity contribution in [3.63, 3.8) is 0 Å². The number of ether oxygens (including phenoxy) is 1. The van der Waals surface area contributed by atoms with Gasteiger partial charge in [0.15, 0.2) is 0 Å². The van der Waals surface area contributed by atoms with Gasteiger partial charge in [0.05, 0.1) is 0 Å². The molecule has 0 saturated heterocycles. The molecular formula is C14H16F3NO. The second-order valence-electron chi connectivity index (χ2n) is 4.09. The van der Waals surface area contributed by atoms with Crippen molar-refractivity contribution in [2.75, 3.05) is 0 Å². The number of hydrogen-bond acceptors (Lipinski definition) is 2. The molecular weight excluding hydrogens is 255 g/mol. The quantitative estimate of drug-likeness (QED) is 0.800. The van der Waals surface area contributed by atoms with E-state index >= 15 is 0 Å². The van der Waals surface area contributed by atoms with Crippen LogP contribution in [0.2, 0.25) is 0 Å². The number of nitrogens with one attached hydrogen (secondary N) is 1. The first kappa shape index (κ1) is 15.4. The Hall–Kier alpha value is -1.67. The first-order valence-corrected chi connectivity index (χ1v) is 5.96. The molecule has 1 aromatic carbocycles. The fraction of sp³-hybridized carbons (Fsp3) is 0.429. The van der Waals surface area contributed by atoms with Gasteiger partial charge in [-0.1, -0.05) is 19.1 Å². The highest BCUT2D eigenvalue weighted by Crippen LogP contribution is 2.23. The molecule has 0 spiro atoms. The van der Waals surface area contributed by atoms with Crippen LogP contribution in [0.3, 0.4) is 0 Å². The summed E-state index contributed by atoms with van der Waals surface area (Å²) in [6.07, 6.45) is 2.02. The molecule has 1 rings (SSSR count). The van der Waals surface area contributed by atoms with E-state index in [-0.39, 0.29) is 11.8 Å². The summed E-state index contributed by atoms with van der Waals surface area (Å²) >= 11 is 0. The van der Waals surface area contributed by atoms with Crippen LogP contribution in [0, 0.1) is 12.3 Å². The van der Waals surface area contributed by atoms with Crippen LogP contribution in [-0.2, 0) is 6.54 Å². The first-order valence-electron chi connectivity index (χ1n) is 5.96. The summed E-state index contributed by atoms with van der Waals surface area (Å²) in [5.41, 5.74) is 0.720. The summed E-state index contributed by atoms with van der Waals surface area (Å²) < 4.78 is 40.1. The van der Waals surface area contributed by atoms with E-state index in [1.165, 1.54) is 18.2 Å². The number of benzene rings is 1. The van der Waals surface area contributed by atoms with Gasteiger partial charge in [0.2, 0.25) is 0 Å². The Morgan fingerprint density at radius 2 is 2.16 bits per heavy atom. The summed E-state index contributed by atoms with van der Waals surface area (Å²) in [5.74, 6) is 2.35. The molecule has 5 heteroatoms. The summed E-state index contributed by atoms with van der Waals surface area (Å²) in [7, 11) is 0. The molecule has 0 aliphatic rings. The van der Waals surface area contributed by atoms with Gasteiger partial charge in [-0.2, -0.15) is 0 Å². The summed E-state index contributed by atoms with van der Waals surface area (Å²) in [4.78, 5) is 0. The van der Waals surface area contributed by atoms with Crippen molar-refractivity contribution < 1.29 is 17.9 Å². The normalized spacial score (nSPS) is 12.8. The molecule has 0 fully saturated rings. The zero-order valence-corrected chi connectivity index (χ0v) is 10.6. The SMILES string of the molecule is C#CCC(CC)NCc1cccc(OC(F)(F)F)c1. The molecule has 19 heavy (non-hydrogen) atoms. The fourth-order valence-electron chi connectivity index (χ4n) is 1.62. The van der Waals surface area contributed by atoms with Gasteiger partial charge in [-0.25, -0.2) is 0 Å². The third kappa shape index (κ3) is 6.16. The van der Waals surface area contributed by atoms with Crippen LogP contribution >= 0.6 is 0 Å². The van der Waals surface area contributed by atoms with E-state index in [0.29, 0.717) is 13.0 Å². The second kappa shape index (κ2) is 7.05. The molecule has 0 amide bonds. The average Bonchev–Trinajstić information content (AvgIpc) is 2.33. The predicted octanol–water partition coefficient (Wildman–Crippen LogP) is 3.48. The third-order valence-corrected chi connectivity index (χ3v) is 2.58. The third-order valence-electron chi connectivity index (χ3n) is 2.58. The maximum atomic E-state index is 12.1. The molecule has 1 aromatic rings. The highest BCUT2D eigenvalue weighted by Gasteiger charge is 2.31. The van der Waals surface area contributed by atoms with E-state index in [2.05, 4.69) is 16.0 Å². The van der Waals surface area contributed by atoms with E-state index in [4.69, 9.17) is 6.42 Å². The second-order valence-corrected chi connectivity index (χ2v) is 4.09. The van der Waals surface area contributed by atoms with Crippen LogP contribution in [0.1, 0.15) is 25.3 Å².